The Morgan fingerprint density at radius 3 is 2.20 bits per heavy atom. The van der Waals surface area contributed by atoms with Crippen LogP contribution in [0, 0.1) is 0 Å². The molecule has 2 aliphatic rings. The van der Waals surface area contributed by atoms with Crippen molar-refractivity contribution in [3.05, 3.63) is 99.5 Å². The van der Waals surface area contributed by atoms with Gasteiger partial charge in [0, 0.05) is 24.1 Å². The Kier molecular flexibility index (Phi) is 8.41. The quantitative estimate of drug-likeness (QED) is 0.371. The highest BCUT2D eigenvalue weighted by Gasteiger charge is 2.44. The number of methoxy groups -OCH3 is 1. The fourth-order valence-corrected chi connectivity index (χ4v) is 6.64. The molecule has 0 spiro atoms. The van der Waals surface area contributed by atoms with E-state index in [0.29, 0.717) is 41.5 Å². The molecule has 2 amide bonds. The molecule has 6 nitrogen and oxygen atoms in total. The Balaban J connectivity index is 1.32. The van der Waals surface area contributed by atoms with Crippen LogP contribution in [0.2, 0.25) is 10.0 Å². The molecule has 0 aliphatic carbocycles. The van der Waals surface area contributed by atoms with Gasteiger partial charge < -0.3 is 20.3 Å². The van der Waals surface area contributed by atoms with Gasteiger partial charge in [-0.3, -0.25) is 9.59 Å². The summed E-state index contributed by atoms with van der Waals surface area (Å²) in [5.41, 5.74) is 7.81. The van der Waals surface area contributed by atoms with E-state index in [-0.39, 0.29) is 17.2 Å². The normalized spacial score (nSPS) is 20.8. The van der Waals surface area contributed by atoms with Gasteiger partial charge in [-0.05, 0) is 92.8 Å². The fourth-order valence-electron chi connectivity index (χ4n) is 6.34. The molecule has 0 bridgehead atoms. The van der Waals surface area contributed by atoms with E-state index in [4.69, 9.17) is 33.7 Å². The first kappa shape index (κ1) is 28.5. The van der Waals surface area contributed by atoms with Crippen LogP contribution in [0.5, 0.6) is 5.75 Å². The molecule has 8 heteroatoms. The molecule has 0 aromatic heterocycles. The van der Waals surface area contributed by atoms with E-state index in [1.165, 1.54) is 0 Å². The number of nitrogens with two attached hydrogens (primary N) is 1. The van der Waals surface area contributed by atoms with Crippen LogP contribution >= 0.6 is 23.2 Å². The molecule has 210 valence electrons. The van der Waals surface area contributed by atoms with Crippen molar-refractivity contribution in [1.29, 1.82) is 0 Å². The van der Waals surface area contributed by atoms with Gasteiger partial charge in [0.1, 0.15) is 5.75 Å². The number of halogens is 2. The smallest absolute Gasteiger partial charge is 0.253 e. The SMILES string of the molecule is COc1ccc(C(=O)N2CC[C@](CCN3CCC(C(N)=O)(c4ccccc4)CC3)(c3ccc(Cl)c(Cl)c3)C2)cc1. The van der Waals surface area contributed by atoms with Crippen LogP contribution < -0.4 is 10.5 Å². The van der Waals surface area contributed by atoms with E-state index in [1.807, 2.05) is 77.7 Å². The zero-order chi connectivity index (χ0) is 28.3. The number of amides is 2. The lowest BCUT2D eigenvalue weighted by Crippen LogP contribution is -2.50. The zero-order valence-electron chi connectivity index (χ0n) is 22.7. The summed E-state index contributed by atoms with van der Waals surface area (Å²) in [6, 6.07) is 23.0. The predicted molar refractivity (Wildman–Crippen MR) is 159 cm³/mol. The molecule has 2 aliphatic heterocycles. The summed E-state index contributed by atoms with van der Waals surface area (Å²) < 4.78 is 5.25. The maximum Gasteiger partial charge on any atom is 0.253 e. The van der Waals surface area contributed by atoms with E-state index in [1.54, 1.807) is 7.11 Å². The lowest BCUT2D eigenvalue weighted by molar-refractivity contribution is -0.125. The van der Waals surface area contributed by atoms with Gasteiger partial charge in [-0.15, -0.1) is 0 Å². The minimum absolute atomic E-state index is 0.0108. The molecule has 2 N–H and O–H groups in total. The van der Waals surface area contributed by atoms with Gasteiger partial charge in [0.05, 0.1) is 22.6 Å². The summed E-state index contributed by atoms with van der Waals surface area (Å²) in [4.78, 5) is 30.4. The number of ether oxygens (including phenoxy) is 1. The van der Waals surface area contributed by atoms with Gasteiger partial charge in [-0.1, -0.05) is 59.6 Å². The van der Waals surface area contributed by atoms with Gasteiger partial charge in [0.2, 0.25) is 5.91 Å². The monoisotopic (exact) mass is 579 g/mol. The maximum atomic E-state index is 13.4. The zero-order valence-corrected chi connectivity index (χ0v) is 24.3. The summed E-state index contributed by atoms with van der Waals surface area (Å²) >= 11 is 12.7. The lowest BCUT2D eigenvalue weighted by atomic mass is 9.71. The third-order valence-corrected chi connectivity index (χ3v) is 9.66. The van der Waals surface area contributed by atoms with Gasteiger partial charge in [-0.2, -0.15) is 0 Å². The number of carbonyl (C=O) groups is 2. The van der Waals surface area contributed by atoms with Gasteiger partial charge >= 0.3 is 0 Å². The second kappa shape index (κ2) is 11.8. The Morgan fingerprint density at radius 1 is 0.875 bits per heavy atom. The standard InChI is InChI=1S/C32H35Cl2N3O3/c1-40-26-10-7-23(8-11-26)29(38)37-20-14-31(22-37,25-9-12-27(33)28(34)21-25)13-17-36-18-15-32(16-19-36,30(35)39)24-5-3-2-4-6-24/h2-12,21H,13-20,22H2,1H3,(H2,35,39)/t31-/m0/s1. The minimum Gasteiger partial charge on any atom is -0.497 e. The van der Waals surface area contributed by atoms with Gasteiger partial charge in [0.15, 0.2) is 0 Å². The van der Waals surface area contributed by atoms with Crippen molar-refractivity contribution in [1.82, 2.24) is 9.80 Å². The van der Waals surface area contributed by atoms with E-state index in [9.17, 15) is 9.59 Å². The van der Waals surface area contributed by atoms with Crippen molar-refractivity contribution in [3.8, 4) is 5.75 Å². The van der Waals surface area contributed by atoms with Crippen molar-refractivity contribution in [3.63, 3.8) is 0 Å². The van der Waals surface area contributed by atoms with Crippen LogP contribution in [0.25, 0.3) is 0 Å². The number of benzene rings is 3. The van der Waals surface area contributed by atoms with Crippen LogP contribution in [0.1, 0.15) is 47.2 Å². The van der Waals surface area contributed by atoms with Crippen LogP contribution in [0.4, 0.5) is 0 Å². The van der Waals surface area contributed by atoms with E-state index in [0.717, 1.165) is 49.4 Å². The number of likely N-dealkylation sites (tertiary alicyclic amines) is 2. The van der Waals surface area contributed by atoms with E-state index >= 15 is 0 Å². The number of hydrogen-bond donors (Lipinski definition) is 1. The van der Waals surface area contributed by atoms with Crippen LogP contribution in [0.15, 0.2) is 72.8 Å². The summed E-state index contributed by atoms with van der Waals surface area (Å²) in [7, 11) is 1.61. The third-order valence-electron chi connectivity index (χ3n) is 8.92. The van der Waals surface area contributed by atoms with Crippen molar-refractivity contribution in [2.75, 3.05) is 39.8 Å². The largest absolute Gasteiger partial charge is 0.497 e. The molecule has 3 aromatic carbocycles. The topological polar surface area (TPSA) is 75.9 Å². The first-order chi connectivity index (χ1) is 19.3. The molecule has 3 aromatic rings. The molecule has 40 heavy (non-hydrogen) atoms. The molecule has 1 atom stereocenters. The maximum absolute atomic E-state index is 13.4. The highest BCUT2D eigenvalue weighted by molar-refractivity contribution is 6.42. The molecule has 0 radical (unpaired) electrons. The van der Waals surface area contributed by atoms with Gasteiger partial charge in [-0.25, -0.2) is 0 Å². The van der Waals surface area contributed by atoms with Crippen molar-refractivity contribution in [2.45, 2.75) is 36.5 Å². The van der Waals surface area contributed by atoms with Crippen LogP contribution in [-0.2, 0) is 15.6 Å². The fraction of sp³-hybridized carbons (Fsp3) is 0.375. The van der Waals surface area contributed by atoms with Crippen LogP contribution in [0.3, 0.4) is 0 Å². The molecule has 0 unspecified atom stereocenters. The number of nitrogens with zero attached hydrogens (tertiary/aromatic N) is 2. The number of carbonyl (C=O) groups excluding carboxylic acids is 2. The third kappa shape index (κ3) is 5.58. The number of piperidine rings is 1. The minimum atomic E-state index is -0.631. The summed E-state index contributed by atoms with van der Waals surface area (Å²) in [5.74, 6) is 0.475. The molecular formula is C32H35Cl2N3O3. The lowest BCUT2D eigenvalue weighted by Gasteiger charge is -2.41. The second-order valence-electron chi connectivity index (χ2n) is 11.0. The molecule has 0 saturated carbocycles. The first-order valence-electron chi connectivity index (χ1n) is 13.7. The Morgan fingerprint density at radius 2 is 1.57 bits per heavy atom. The Labute approximate surface area is 246 Å². The molecule has 2 heterocycles. The number of hydrogen-bond acceptors (Lipinski definition) is 4. The van der Waals surface area contributed by atoms with Gasteiger partial charge in [0.25, 0.3) is 5.91 Å². The Hall–Kier alpha value is -3.06. The molecule has 5 rings (SSSR count). The highest BCUT2D eigenvalue weighted by atomic mass is 35.5. The Bertz CT molecular complexity index is 1360. The average Bonchev–Trinajstić information content (AvgIpc) is 3.43. The number of rotatable bonds is 8. The average molecular weight is 581 g/mol. The molecule has 2 fully saturated rings. The van der Waals surface area contributed by atoms with Crippen molar-refractivity contribution in [2.24, 2.45) is 5.73 Å². The van der Waals surface area contributed by atoms with E-state index < -0.39 is 5.41 Å². The predicted octanol–water partition coefficient (Wildman–Crippen LogP) is 5.70. The molecular weight excluding hydrogens is 545 g/mol. The summed E-state index contributed by atoms with van der Waals surface area (Å²) in [6.45, 7) is 3.66. The van der Waals surface area contributed by atoms with E-state index in [2.05, 4.69) is 4.90 Å². The molecule has 2 saturated heterocycles. The summed E-state index contributed by atoms with van der Waals surface area (Å²) in [6.07, 6.45) is 3.06. The van der Waals surface area contributed by atoms with Crippen LogP contribution in [-0.4, -0.2) is 61.4 Å². The van der Waals surface area contributed by atoms with Crippen molar-refractivity contribution < 1.29 is 14.3 Å². The summed E-state index contributed by atoms with van der Waals surface area (Å²) in [5, 5.41) is 1.04. The number of primary amides is 1. The van der Waals surface area contributed by atoms with Crippen molar-refractivity contribution >= 4 is 35.0 Å². The second-order valence-corrected chi connectivity index (χ2v) is 11.8. The highest BCUT2D eigenvalue weighted by Crippen LogP contribution is 2.42. The first-order valence-corrected chi connectivity index (χ1v) is 14.5.